The molecule has 0 aliphatic rings. The summed E-state index contributed by atoms with van der Waals surface area (Å²) in [4.78, 5) is 5.04. The van der Waals surface area contributed by atoms with Crippen LogP contribution in [0.4, 0.5) is 4.39 Å². The zero-order chi connectivity index (χ0) is 24.7. The Hall–Kier alpha value is -2.30. The molecule has 34 heavy (non-hydrogen) atoms. The van der Waals surface area contributed by atoms with Crippen LogP contribution >= 0.6 is 34.5 Å². The number of halogens is 3. The molecule has 0 N–H and O–H groups in total. The van der Waals surface area contributed by atoms with Crippen molar-refractivity contribution >= 4 is 54.2 Å². The zero-order valence-electron chi connectivity index (χ0n) is 17.5. The monoisotopic (exact) mass is 555 g/mol. The van der Waals surface area contributed by atoms with Crippen molar-refractivity contribution in [2.75, 3.05) is 6.26 Å². The average molecular weight is 556 g/mol. The van der Waals surface area contributed by atoms with E-state index < -0.39 is 25.5 Å². The van der Waals surface area contributed by atoms with E-state index in [0.717, 1.165) is 17.6 Å². The lowest BCUT2D eigenvalue weighted by Gasteiger charge is -2.04. The second-order valence-corrected chi connectivity index (χ2v) is 13.5. The van der Waals surface area contributed by atoms with E-state index in [4.69, 9.17) is 23.2 Å². The molecule has 0 saturated carbocycles. The highest BCUT2D eigenvalue weighted by Gasteiger charge is 2.25. The second kappa shape index (κ2) is 9.39. The van der Waals surface area contributed by atoms with E-state index in [1.165, 1.54) is 54.6 Å². The quantitative estimate of drug-likeness (QED) is 0.279. The maximum atomic E-state index is 13.5. The van der Waals surface area contributed by atoms with Gasteiger partial charge >= 0.3 is 0 Å². The highest BCUT2D eigenvalue weighted by Crippen LogP contribution is 2.39. The molecule has 5 nitrogen and oxygen atoms in total. The van der Waals surface area contributed by atoms with Gasteiger partial charge in [-0.25, -0.2) is 26.2 Å². The summed E-state index contributed by atoms with van der Waals surface area (Å²) in [5.74, 6) is -0.806. The Labute approximate surface area is 210 Å². The van der Waals surface area contributed by atoms with Gasteiger partial charge in [0, 0.05) is 21.9 Å². The summed E-state index contributed by atoms with van der Waals surface area (Å²) in [6.45, 7) is 0. The first kappa shape index (κ1) is 24.8. The van der Waals surface area contributed by atoms with E-state index in [9.17, 15) is 21.2 Å². The normalized spacial score (nSPS) is 12.1. The largest absolute Gasteiger partial charge is 0.224 e. The van der Waals surface area contributed by atoms with Crippen LogP contribution in [-0.4, -0.2) is 28.1 Å². The minimum atomic E-state index is -3.88. The van der Waals surface area contributed by atoms with Gasteiger partial charge in [-0.3, -0.25) is 0 Å². The lowest BCUT2D eigenvalue weighted by molar-refractivity contribution is 0.594. The number of nitrogens with zero attached hydrogens (tertiary/aromatic N) is 1. The van der Waals surface area contributed by atoms with Crippen molar-refractivity contribution in [3.63, 3.8) is 0 Å². The van der Waals surface area contributed by atoms with Gasteiger partial charge in [0.2, 0.25) is 14.2 Å². The summed E-state index contributed by atoms with van der Waals surface area (Å²) in [7, 11) is -7.28. The Bertz CT molecular complexity index is 1560. The van der Waals surface area contributed by atoms with E-state index in [-0.39, 0.29) is 15.0 Å². The molecule has 0 radical (unpaired) electrons. The minimum absolute atomic E-state index is 0.134. The van der Waals surface area contributed by atoms with Crippen LogP contribution in [0.25, 0.3) is 21.7 Å². The van der Waals surface area contributed by atoms with Crippen molar-refractivity contribution in [2.24, 2.45) is 0 Å². The molecule has 0 amide bonds. The first-order chi connectivity index (χ1) is 15.9. The molecule has 0 aliphatic carbocycles. The molecule has 0 bridgehead atoms. The van der Waals surface area contributed by atoms with Crippen molar-refractivity contribution in [2.45, 2.75) is 15.0 Å². The van der Waals surface area contributed by atoms with Crippen molar-refractivity contribution < 1.29 is 21.2 Å². The van der Waals surface area contributed by atoms with Gasteiger partial charge in [-0.1, -0.05) is 35.3 Å². The Kier molecular flexibility index (Phi) is 6.85. The van der Waals surface area contributed by atoms with Crippen LogP contribution in [0.2, 0.25) is 10.0 Å². The standard InChI is InChI=1S/C23H16Cl2FNO4S3/c1-33(28,29)20-8-4-16(5-9-20)22-21(15-2-6-19(26)7-3-15)27-23(32-22)34(30,31)13-14-10-17(24)12-18(25)11-14/h2-12H,13H2,1H3. The number of aromatic nitrogens is 1. The van der Waals surface area contributed by atoms with Crippen LogP contribution < -0.4 is 0 Å². The number of sulfone groups is 2. The second-order valence-electron chi connectivity index (χ2n) is 7.50. The van der Waals surface area contributed by atoms with Gasteiger partial charge in [-0.15, -0.1) is 11.3 Å². The third-order valence-electron chi connectivity index (χ3n) is 4.81. The van der Waals surface area contributed by atoms with E-state index in [0.29, 0.717) is 37.3 Å². The third kappa shape index (κ3) is 5.50. The number of thiazole rings is 1. The molecule has 0 saturated heterocycles. The lowest BCUT2D eigenvalue weighted by atomic mass is 10.1. The fraction of sp³-hybridized carbons (Fsp3) is 0.0870. The first-order valence-corrected chi connectivity index (χ1v) is 14.8. The maximum Gasteiger partial charge on any atom is 0.210 e. The number of hydrogen-bond acceptors (Lipinski definition) is 6. The fourth-order valence-corrected chi connectivity index (χ4v) is 7.18. The SMILES string of the molecule is CS(=O)(=O)c1ccc(-c2sc(S(=O)(=O)Cc3cc(Cl)cc(Cl)c3)nc2-c2ccc(F)cc2)cc1. The van der Waals surface area contributed by atoms with E-state index in [1.807, 2.05) is 0 Å². The van der Waals surface area contributed by atoms with Gasteiger partial charge in [0.05, 0.1) is 21.2 Å². The number of benzene rings is 3. The summed E-state index contributed by atoms with van der Waals surface area (Å²) in [6, 6.07) is 16.1. The van der Waals surface area contributed by atoms with Crippen LogP contribution in [0, 0.1) is 5.82 Å². The molecule has 0 fully saturated rings. The van der Waals surface area contributed by atoms with Gasteiger partial charge in [-0.05, 0) is 65.7 Å². The van der Waals surface area contributed by atoms with E-state index in [1.54, 1.807) is 12.1 Å². The summed E-state index contributed by atoms with van der Waals surface area (Å²) < 4.78 is 63.4. The van der Waals surface area contributed by atoms with Crippen LogP contribution in [-0.2, 0) is 25.4 Å². The van der Waals surface area contributed by atoms with Gasteiger partial charge in [0.1, 0.15) is 5.82 Å². The molecule has 4 rings (SSSR count). The smallest absolute Gasteiger partial charge is 0.210 e. The van der Waals surface area contributed by atoms with Gasteiger partial charge in [0.15, 0.2) is 9.84 Å². The van der Waals surface area contributed by atoms with Crippen molar-refractivity contribution in [1.29, 1.82) is 0 Å². The lowest BCUT2D eigenvalue weighted by Crippen LogP contribution is -2.04. The van der Waals surface area contributed by atoms with E-state index in [2.05, 4.69) is 4.98 Å². The Morgan fingerprint density at radius 1 is 0.853 bits per heavy atom. The van der Waals surface area contributed by atoms with Crippen molar-refractivity contribution in [3.05, 3.63) is 88.2 Å². The molecule has 0 atom stereocenters. The van der Waals surface area contributed by atoms with Crippen LogP contribution in [0.5, 0.6) is 0 Å². The molecule has 4 aromatic rings. The third-order valence-corrected chi connectivity index (χ3v) is 9.63. The predicted molar refractivity (Wildman–Crippen MR) is 133 cm³/mol. The van der Waals surface area contributed by atoms with E-state index >= 15 is 0 Å². The summed E-state index contributed by atoms with van der Waals surface area (Å²) in [5, 5.41) is 0.631. The Morgan fingerprint density at radius 2 is 1.41 bits per heavy atom. The summed E-state index contributed by atoms with van der Waals surface area (Å²) >= 11 is 13.0. The molecule has 0 aliphatic heterocycles. The first-order valence-electron chi connectivity index (χ1n) is 9.67. The van der Waals surface area contributed by atoms with Crippen LogP contribution in [0.15, 0.2) is 76.0 Å². The van der Waals surface area contributed by atoms with Gasteiger partial charge in [0.25, 0.3) is 0 Å². The number of hydrogen-bond donors (Lipinski definition) is 0. The Balaban J connectivity index is 1.82. The summed E-state index contributed by atoms with van der Waals surface area (Å²) in [6.07, 6.45) is 1.10. The molecule has 1 aromatic heterocycles. The zero-order valence-corrected chi connectivity index (χ0v) is 21.5. The average Bonchev–Trinajstić information content (AvgIpc) is 3.19. The minimum Gasteiger partial charge on any atom is -0.224 e. The fourth-order valence-electron chi connectivity index (χ4n) is 3.26. The predicted octanol–water partition coefficient (Wildman–Crippen LogP) is 6.30. The van der Waals surface area contributed by atoms with Gasteiger partial charge in [-0.2, -0.15) is 0 Å². The summed E-state index contributed by atoms with van der Waals surface area (Å²) in [5.41, 5.74) is 1.86. The molecular formula is C23H16Cl2FNO4S3. The molecular weight excluding hydrogens is 540 g/mol. The van der Waals surface area contributed by atoms with Crippen molar-refractivity contribution in [1.82, 2.24) is 4.98 Å². The molecule has 3 aromatic carbocycles. The van der Waals surface area contributed by atoms with Crippen molar-refractivity contribution in [3.8, 4) is 21.7 Å². The van der Waals surface area contributed by atoms with Crippen LogP contribution in [0.3, 0.4) is 0 Å². The molecule has 1 heterocycles. The molecule has 11 heteroatoms. The van der Waals surface area contributed by atoms with Crippen LogP contribution in [0.1, 0.15) is 5.56 Å². The number of rotatable bonds is 6. The highest BCUT2D eigenvalue weighted by molar-refractivity contribution is 7.92. The molecule has 0 unspecified atom stereocenters. The molecule has 176 valence electrons. The topological polar surface area (TPSA) is 81.2 Å². The Morgan fingerprint density at radius 3 is 1.97 bits per heavy atom. The molecule has 0 spiro atoms. The highest BCUT2D eigenvalue weighted by atomic mass is 35.5. The van der Waals surface area contributed by atoms with Gasteiger partial charge < -0.3 is 0 Å². The maximum absolute atomic E-state index is 13.5.